The Bertz CT molecular complexity index is 565. The fourth-order valence-electron chi connectivity index (χ4n) is 2.74. The number of likely N-dealkylation sites (tertiary alicyclic amines) is 1. The molecular formula is C14H20N6O. The molecule has 0 unspecified atom stereocenters. The zero-order valence-corrected chi connectivity index (χ0v) is 12.4. The summed E-state index contributed by atoms with van der Waals surface area (Å²) in [5, 5.41) is 3.64. The van der Waals surface area contributed by atoms with Crippen molar-refractivity contribution in [1.82, 2.24) is 25.0 Å². The van der Waals surface area contributed by atoms with Crippen LogP contribution in [0, 0.1) is 6.92 Å². The van der Waals surface area contributed by atoms with Crippen molar-refractivity contribution >= 4 is 5.82 Å². The van der Waals surface area contributed by atoms with Gasteiger partial charge in [-0.05, 0) is 19.8 Å². The molecule has 3 heterocycles. The molecule has 21 heavy (non-hydrogen) atoms. The van der Waals surface area contributed by atoms with Crippen LogP contribution in [0.4, 0.5) is 5.82 Å². The normalized spacial score (nSPS) is 17.0. The maximum absolute atomic E-state index is 5.06. The smallest absolute Gasteiger partial charge is 0.240 e. The maximum Gasteiger partial charge on any atom is 0.240 e. The molecule has 0 aromatic carbocycles. The number of anilines is 1. The summed E-state index contributed by atoms with van der Waals surface area (Å²) >= 11 is 0. The van der Waals surface area contributed by atoms with Gasteiger partial charge in [-0.2, -0.15) is 4.98 Å². The first-order valence-electron chi connectivity index (χ1n) is 7.22. The Labute approximate surface area is 124 Å². The number of nitrogens with zero attached hydrogens (tertiary/aromatic N) is 6. The molecule has 0 aliphatic carbocycles. The standard InChI is InChI=1S/C14H20N6O/c1-11-7-13(16-9-15-11)19(2)12-3-5-20(6-4-12)8-14-17-10-18-21-14/h7,9-10,12H,3-6,8H2,1-2H3. The Kier molecular flexibility index (Phi) is 4.10. The van der Waals surface area contributed by atoms with Crippen LogP contribution < -0.4 is 4.90 Å². The van der Waals surface area contributed by atoms with Crippen molar-refractivity contribution in [3.8, 4) is 0 Å². The van der Waals surface area contributed by atoms with E-state index < -0.39 is 0 Å². The Morgan fingerprint density at radius 2 is 2.05 bits per heavy atom. The minimum atomic E-state index is 0.512. The maximum atomic E-state index is 5.06. The lowest BCUT2D eigenvalue weighted by molar-refractivity contribution is 0.180. The Morgan fingerprint density at radius 1 is 1.24 bits per heavy atom. The number of piperidine rings is 1. The van der Waals surface area contributed by atoms with E-state index in [0.717, 1.165) is 44.0 Å². The second-order valence-electron chi connectivity index (χ2n) is 5.47. The van der Waals surface area contributed by atoms with Gasteiger partial charge in [-0.15, -0.1) is 0 Å². The van der Waals surface area contributed by atoms with E-state index in [1.807, 2.05) is 13.0 Å². The molecule has 1 aliphatic rings. The number of hydrogen-bond acceptors (Lipinski definition) is 7. The van der Waals surface area contributed by atoms with Gasteiger partial charge in [0, 0.05) is 37.9 Å². The Morgan fingerprint density at radius 3 is 2.71 bits per heavy atom. The first kappa shape index (κ1) is 13.9. The highest BCUT2D eigenvalue weighted by Gasteiger charge is 2.24. The minimum absolute atomic E-state index is 0.512. The zero-order chi connectivity index (χ0) is 14.7. The van der Waals surface area contributed by atoms with Gasteiger partial charge >= 0.3 is 0 Å². The second-order valence-corrected chi connectivity index (χ2v) is 5.47. The van der Waals surface area contributed by atoms with Crippen molar-refractivity contribution in [3.05, 3.63) is 30.3 Å². The third-order valence-electron chi connectivity index (χ3n) is 4.02. The van der Waals surface area contributed by atoms with Crippen LogP contribution in [0.2, 0.25) is 0 Å². The van der Waals surface area contributed by atoms with E-state index in [-0.39, 0.29) is 0 Å². The summed E-state index contributed by atoms with van der Waals surface area (Å²) in [6, 6.07) is 2.54. The first-order chi connectivity index (χ1) is 10.2. The molecule has 7 heteroatoms. The van der Waals surface area contributed by atoms with Crippen LogP contribution in [-0.4, -0.2) is 51.2 Å². The molecule has 3 rings (SSSR count). The Hall–Kier alpha value is -2.02. The Balaban J connectivity index is 1.55. The molecule has 1 saturated heterocycles. The summed E-state index contributed by atoms with van der Waals surface area (Å²) in [6.45, 7) is 4.79. The largest absolute Gasteiger partial charge is 0.356 e. The van der Waals surface area contributed by atoms with Crippen molar-refractivity contribution < 1.29 is 4.52 Å². The van der Waals surface area contributed by atoms with Gasteiger partial charge in [0.2, 0.25) is 5.89 Å². The van der Waals surface area contributed by atoms with Crippen LogP contribution >= 0.6 is 0 Å². The van der Waals surface area contributed by atoms with Gasteiger partial charge < -0.3 is 9.42 Å². The fraction of sp³-hybridized carbons (Fsp3) is 0.571. The van der Waals surface area contributed by atoms with E-state index in [0.29, 0.717) is 11.9 Å². The van der Waals surface area contributed by atoms with Crippen molar-refractivity contribution in [3.63, 3.8) is 0 Å². The van der Waals surface area contributed by atoms with Crippen molar-refractivity contribution in [2.45, 2.75) is 32.4 Å². The SMILES string of the molecule is Cc1cc(N(C)C2CCN(Cc3ncno3)CC2)ncn1. The summed E-state index contributed by atoms with van der Waals surface area (Å²) in [5.74, 6) is 1.69. The van der Waals surface area contributed by atoms with Gasteiger partial charge in [0.15, 0.2) is 6.33 Å². The molecule has 0 spiro atoms. The lowest BCUT2D eigenvalue weighted by Gasteiger charge is -2.36. The second kappa shape index (κ2) is 6.17. The summed E-state index contributed by atoms with van der Waals surface area (Å²) in [6.07, 6.45) is 5.29. The van der Waals surface area contributed by atoms with Crippen molar-refractivity contribution in [1.29, 1.82) is 0 Å². The molecule has 2 aromatic rings. The number of aromatic nitrogens is 4. The van der Waals surface area contributed by atoms with E-state index in [4.69, 9.17) is 4.52 Å². The molecule has 0 N–H and O–H groups in total. The molecule has 7 nitrogen and oxygen atoms in total. The predicted octanol–water partition coefficient (Wildman–Crippen LogP) is 1.27. The minimum Gasteiger partial charge on any atom is -0.356 e. The van der Waals surface area contributed by atoms with E-state index in [2.05, 4.69) is 37.0 Å². The van der Waals surface area contributed by atoms with Crippen LogP contribution in [-0.2, 0) is 6.54 Å². The lowest BCUT2D eigenvalue weighted by Crippen LogP contribution is -2.43. The van der Waals surface area contributed by atoms with E-state index >= 15 is 0 Å². The third kappa shape index (κ3) is 3.36. The number of hydrogen-bond donors (Lipinski definition) is 0. The molecule has 0 radical (unpaired) electrons. The summed E-state index contributed by atoms with van der Waals surface area (Å²) in [5.41, 5.74) is 1.00. The molecule has 0 atom stereocenters. The van der Waals surface area contributed by atoms with Gasteiger partial charge in [0.25, 0.3) is 0 Å². The van der Waals surface area contributed by atoms with Crippen LogP contribution in [0.5, 0.6) is 0 Å². The molecule has 112 valence electrons. The molecule has 0 amide bonds. The monoisotopic (exact) mass is 288 g/mol. The van der Waals surface area contributed by atoms with Gasteiger partial charge in [-0.1, -0.05) is 5.16 Å². The van der Waals surface area contributed by atoms with E-state index in [9.17, 15) is 0 Å². The summed E-state index contributed by atoms with van der Waals surface area (Å²) in [4.78, 5) is 17.2. The van der Waals surface area contributed by atoms with Crippen LogP contribution in [0.25, 0.3) is 0 Å². The van der Waals surface area contributed by atoms with Gasteiger partial charge in [-0.3, -0.25) is 4.90 Å². The highest BCUT2D eigenvalue weighted by molar-refractivity contribution is 5.39. The van der Waals surface area contributed by atoms with E-state index in [1.165, 1.54) is 6.33 Å². The fourth-order valence-corrected chi connectivity index (χ4v) is 2.74. The molecule has 2 aromatic heterocycles. The average Bonchev–Trinajstić information content (AvgIpc) is 3.00. The summed E-state index contributed by atoms with van der Waals surface area (Å²) < 4.78 is 5.06. The zero-order valence-electron chi connectivity index (χ0n) is 12.4. The third-order valence-corrected chi connectivity index (χ3v) is 4.02. The van der Waals surface area contributed by atoms with Crippen LogP contribution in [0.1, 0.15) is 24.4 Å². The molecular weight excluding hydrogens is 268 g/mol. The first-order valence-corrected chi connectivity index (χ1v) is 7.22. The number of rotatable bonds is 4. The molecule has 1 aliphatic heterocycles. The van der Waals surface area contributed by atoms with Gasteiger partial charge in [0.1, 0.15) is 12.1 Å². The highest BCUT2D eigenvalue weighted by atomic mass is 16.5. The molecule has 0 bridgehead atoms. The quantitative estimate of drug-likeness (QED) is 0.839. The lowest BCUT2D eigenvalue weighted by atomic mass is 10.0. The van der Waals surface area contributed by atoms with E-state index in [1.54, 1.807) is 6.33 Å². The molecule has 0 saturated carbocycles. The number of aryl methyl sites for hydroxylation is 1. The average molecular weight is 288 g/mol. The summed E-state index contributed by atoms with van der Waals surface area (Å²) in [7, 11) is 2.11. The topological polar surface area (TPSA) is 71.2 Å². The van der Waals surface area contributed by atoms with Gasteiger partial charge in [-0.25, -0.2) is 9.97 Å². The van der Waals surface area contributed by atoms with Crippen LogP contribution in [0.3, 0.4) is 0 Å². The highest BCUT2D eigenvalue weighted by Crippen LogP contribution is 2.21. The van der Waals surface area contributed by atoms with Crippen LogP contribution in [0.15, 0.2) is 23.2 Å². The van der Waals surface area contributed by atoms with Crippen molar-refractivity contribution in [2.75, 3.05) is 25.0 Å². The van der Waals surface area contributed by atoms with Crippen molar-refractivity contribution in [2.24, 2.45) is 0 Å². The van der Waals surface area contributed by atoms with Gasteiger partial charge in [0.05, 0.1) is 6.54 Å². The molecule has 1 fully saturated rings. The predicted molar refractivity (Wildman–Crippen MR) is 77.8 cm³/mol.